The van der Waals surface area contributed by atoms with E-state index in [1.54, 1.807) is 25.3 Å². The predicted molar refractivity (Wildman–Crippen MR) is 97.3 cm³/mol. The molecule has 0 radical (unpaired) electrons. The van der Waals surface area contributed by atoms with Gasteiger partial charge in [0.25, 0.3) is 0 Å². The summed E-state index contributed by atoms with van der Waals surface area (Å²) in [5.41, 5.74) is 1.26. The second-order valence-corrected chi connectivity index (χ2v) is 6.10. The highest BCUT2D eigenvalue weighted by Gasteiger charge is 2.14. The molecular weight excluding hydrogens is 318 g/mol. The fourth-order valence-electron chi connectivity index (χ4n) is 2.50. The third-order valence-electron chi connectivity index (χ3n) is 3.97. The summed E-state index contributed by atoms with van der Waals surface area (Å²) in [4.78, 5) is 13.4. The highest BCUT2D eigenvalue weighted by atomic mass is 16.5. The number of nitrogens with zero attached hydrogens (tertiary/aromatic N) is 1. The molecule has 0 aliphatic rings. The molecule has 0 amide bonds. The van der Waals surface area contributed by atoms with Gasteiger partial charge in [0.15, 0.2) is 0 Å². The van der Waals surface area contributed by atoms with Crippen molar-refractivity contribution in [3.63, 3.8) is 0 Å². The zero-order valence-electron chi connectivity index (χ0n) is 14.9. The summed E-state index contributed by atoms with van der Waals surface area (Å²) >= 11 is 0. The number of benzene rings is 2. The van der Waals surface area contributed by atoms with Gasteiger partial charge in [-0.2, -0.15) is 0 Å². The monoisotopic (exact) mass is 343 g/mol. The van der Waals surface area contributed by atoms with Crippen molar-refractivity contribution in [2.75, 3.05) is 20.3 Å². The molecule has 0 spiro atoms. The van der Waals surface area contributed by atoms with E-state index >= 15 is 0 Å². The van der Waals surface area contributed by atoms with Gasteiger partial charge in [-0.1, -0.05) is 24.3 Å². The SMILES string of the molecule is COCCN(Cc1ccccc1Oc1cccc(C(=O)O)c1)C(C)C. The lowest BCUT2D eigenvalue weighted by molar-refractivity contribution is 0.0696. The van der Waals surface area contributed by atoms with Crippen molar-refractivity contribution in [3.8, 4) is 11.5 Å². The number of rotatable bonds is 9. The minimum absolute atomic E-state index is 0.207. The number of carboxylic acid groups (broad SMARTS) is 1. The lowest BCUT2D eigenvalue weighted by Crippen LogP contribution is -2.33. The summed E-state index contributed by atoms with van der Waals surface area (Å²) in [7, 11) is 1.70. The third kappa shape index (κ3) is 5.59. The molecule has 1 N–H and O–H groups in total. The first-order chi connectivity index (χ1) is 12.0. The zero-order chi connectivity index (χ0) is 18.2. The molecule has 0 atom stereocenters. The van der Waals surface area contributed by atoms with Crippen molar-refractivity contribution in [3.05, 3.63) is 59.7 Å². The minimum atomic E-state index is -0.968. The fraction of sp³-hybridized carbons (Fsp3) is 0.350. The third-order valence-corrected chi connectivity index (χ3v) is 3.97. The molecule has 2 aromatic carbocycles. The normalized spacial score (nSPS) is 11.1. The van der Waals surface area contributed by atoms with Crippen molar-refractivity contribution in [2.45, 2.75) is 26.4 Å². The van der Waals surface area contributed by atoms with Gasteiger partial charge in [-0.15, -0.1) is 0 Å². The molecule has 0 heterocycles. The van der Waals surface area contributed by atoms with Crippen molar-refractivity contribution in [1.29, 1.82) is 0 Å². The first kappa shape index (κ1) is 19.0. The summed E-state index contributed by atoms with van der Waals surface area (Å²) in [5, 5.41) is 9.12. The molecule has 134 valence electrons. The number of hydrogen-bond acceptors (Lipinski definition) is 4. The number of carbonyl (C=O) groups is 1. The maximum absolute atomic E-state index is 11.1. The average molecular weight is 343 g/mol. The van der Waals surface area contributed by atoms with Gasteiger partial charge in [0.05, 0.1) is 12.2 Å². The zero-order valence-corrected chi connectivity index (χ0v) is 14.9. The molecule has 5 nitrogen and oxygen atoms in total. The molecule has 0 bridgehead atoms. The molecule has 0 aromatic heterocycles. The Balaban J connectivity index is 2.19. The lowest BCUT2D eigenvalue weighted by atomic mass is 10.1. The molecule has 0 fully saturated rings. The topological polar surface area (TPSA) is 59.0 Å². The second-order valence-electron chi connectivity index (χ2n) is 6.10. The highest BCUT2D eigenvalue weighted by Crippen LogP contribution is 2.27. The number of para-hydroxylation sites is 1. The summed E-state index contributed by atoms with van der Waals surface area (Å²) in [5.74, 6) is 0.276. The van der Waals surface area contributed by atoms with Crippen LogP contribution in [0.15, 0.2) is 48.5 Å². The maximum atomic E-state index is 11.1. The van der Waals surface area contributed by atoms with Crippen LogP contribution in [0.1, 0.15) is 29.8 Å². The van der Waals surface area contributed by atoms with Crippen molar-refractivity contribution < 1.29 is 19.4 Å². The van der Waals surface area contributed by atoms with E-state index in [0.717, 1.165) is 24.4 Å². The van der Waals surface area contributed by atoms with E-state index in [-0.39, 0.29) is 5.56 Å². The summed E-state index contributed by atoms with van der Waals surface area (Å²) in [6, 6.07) is 14.7. The van der Waals surface area contributed by atoms with E-state index in [1.165, 1.54) is 6.07 Å². The Bertz CT molecular complexity index is 700. The maximum Gasteiger partial charge on any atom is 0.335 e. The van der Waals surface area contributed by atoms with Crippen molar-refractivity contribution in [2.24, 2.45) is 0 Å². The quantitative estimate of drug-likeness (QED) is 0.745. The van der Waals surface area contributed by atoms with E-state index in [2.05, 4.69) is 18.7 Å². The van der Waals surface area contributed by atoms with E-state index in [4.69, 9.17) is 14.6 Å². The predicted octanol–water partition coefficient (Wildman–Crippen LogP) is 4.03. The van der Waals surface area contributed by atoms with Gasteiger partial charge in [0.1, 0.15) is 11.5 Å². The number of carboxylic acids is 1. The first-order valence-corrected chi connectivity index (χ1v) is 8.33. The Morgan fingerprint density at radius 1 is 1.16 bits per heavy atom. The van der Waals surface area contributed by atoms with Crippen LogP contribution < -0.4 is 4.74 Å². The molecule has 2 aromatic rings. The van der Waals surface area contributed by atoms with Crippen LogP contribution in [0.2, 0.25) is 0 Å². The molecule has 5 heteroatoms. The lowest BCUT2D eigenvalue weighted by Gasteiger charge is -2.27. The highest BCUT2D eigenvalue weighted by molar-refractivity contribution is 5.88. The Morgan fingerprint density at radius 3 is 2.60 bits per heavy atom. The molecule has 0 saturated carbocycles. The van der Waals surface area contributed by atoms with Crippen LogP contribution in [0.5, 0.6) is 11.5 Å². The van der Waals surface area contributed by atoms with Crippen LogP contribution in [0, 0.1) is 0 Å². The first-order valence-electron chi connectivity index (χ1n) is 8.33. The molecule has 0 aliphatic heterocycles. The molecule has 2 rings (SSSR count). The van der Waals surface area contributed by atoms with E-state index in [1.807, 2.05) is 24.3 Å². The Labute approximate surface area is 148 Å². The second kappa shape index (κ2) is 9.20. The van der Waals surface area contributed by atoms with Crippen LogP contribution in [-0.2, 0) is 11.3 Å². The van der Waals surface area contributed by atoms with Gasteiger partial charge in [-0.3, -0.25) is 4.90 Å². The molecule has 25 heavy (non-hydrogen) atoms. The van der Waals surface area contributed by atoms with Crippen LogP contribution in [-0.4, -0.2) is 42.3 Å². The number of hydrogen-bond donors (Lipinski definition) is 1. The van der Waals surface area contributed by atoms with Gasteiger partial charge in [-0.25, -0.2) is 4.79 Å². The van der Waals surface area contributed by atoms with Gasteiger partial charge in [-0.05, 0) is 38.1 Å². The molecule has 0 aliphatic carbocycles. The standard InChI is InChI=1S/C20H25NO4/c1-15(2)21(11-12-24-3)14-17-7-4-5-10-19(17)25-18-9-6-8-16(13-18)20(22)23/h4-10,13,15H,11-12,14H2,1-3H3,(H,22,23). The Kier molecular flexibility index (Phi) is 6.98. The van der Waals surface area contributed by atoms with Crippen LogP contribution in [0.25, 0.3) is 0 Å². The molecule has 0 unspecified atom stereocenters. The molecule has 0 saturated heterocycles. The van der Waals surface area contributed by atoms with Crippen molar-refractivity contribution in [1.82, 2.24) is 4.90 Å². The smallest absolute Gasteiger partial charge is 0.335 e. The average Bonchev–Trinajstić information content (AvgIpc) is 2.60. The van der Waals surface area contributed by atoms with E-state index in [9.17, 15) is 4.79 Å². The summed E-state index contributed by atoms with van der Waals surface area (Å²) in [6.45, 7) is 6.53. The van der Waals surface area contributed by atoms with Crippen LogP contribution in [0.3, 0.4) is 0 Å². The van der Waals surface area contributed by atoms with E-state index in [0.29, 0.717) is 18.4 Å². The fourth-order valence-corrected chi connectivity index (χ4v) is 2.50. The number of ether oxygens (including phenoxy) is 2. The minimum Gasteiger partial charge on any atom is -0.478 e. The van der Waals surface area contributed by atoms with Crippen LogP contribution in [0.4, 0.5) is 0 Å². The van der Waals surface area contributed by atoms with Crippen molar-refractivity contribution >= 4 is 5.97 Å². The summed E-state index contributed by atoms with van der Waals surface area (Å²) in [6.07, 6.45) is 0. The molecular formula is C20H25NO4. The van der Waals surface area contributed by atoms with Gasteiger partial charge >= 0.3 is 5.97 Å². The Hall–Kier alpha value is -2.37. The summed E-state index contributed by atoms with van der Waals surface area (Å²) < 4.78 is 11.2. The van der Waals surface area contributed by atoms with Crippen LogP contribution >= 0.6 is 0 Å². The Morgan fingerprint density at radius 2 is 1.92 bits per heavy atom. The van der Waals surface area contributed by atoms with Gasteiger partial charge in [0, 0.05) is 31.8 Å². The number of methoxy groups -OCH3 is 1. The largest absolute Gasteiger partial charge is 0.478 e. The van der Waals surface area contributed by atoms with Gasteiger partial charge in [0.2, 0.25) is 0 Å². The number of aromatic carboxylic acids is 1. The van der Waals surface area contributed by atoms with Gasteiger partial charge < -0.3 is 14.6 Å². The van der Waals surface area contributed by atoms with E-state index < -0.39 is 5.97 Å².